The summed E-state index contributed by atoms with van der Waals surface area (Å²) in [6, 6.07) is 15.1. The molecule has 0 aliphatic heterocycles. The van der Waals surface area contributed by atoms with Gasteiger partial charge in [0.1, 0.15) is 6.54 Å². The van der Waals surface area contributed by atoms with E-state index in [4.69, 9.17) is 4.74 Å². The van der Waals surface area contributed by atoms with Gasteiger partial charge in [0.2, 0.25) is 5.91 Å². The van der Waals surface area contributed by atoms with E-state index in [1.807, 2.05) is 48.5 Å². The van der Waals surface area contributed by atoms with Gasteiger partial charge in [0.05, 0.1) is 6.42 Å². The molecule has 0 saturated heterocycles. The number of nitrogens with one attached hydrogen (secondary N) is 2. The summed E-state index contributed by atoms with van der Waals surface area (Å²) in [5.74, 6) is -1.34. The lowest BCUT2D eigenvalue weighted by Crippen LogP contribution is -2.33. The van der Waals surface area contributed by atoms with Crippen LogP contribution in [0.5, 0.6) is 0 Å². The van der Waals surface area contributed by atoms with Crippen LogP contribution in [0.3, 0.4) is 0 Å². The highest BCUT2D eigenvalue weighted by Gasteiger charge is 2.13. The summed E-state index contributed by atoms with van der Waals surface area (Å²) >= 11 is 0. The number of hydrogen-bond donors (Lipinski definition) is 2. The van der Waals surface area contributed by atoms with Crippen molar-refractivity contribution in [2.45, 2.75) is 25.7 Å². The molecule has 2 N–H and O–H groups in total. The Labute approximate surface area is 157 Å². The zero-order valence-corrected chi connectivity index (χ0v) is 15.0. The Morgan fingerprint density at radius 1 is 0.926 bits per heavy atom. The second kappa shape index (κ2) is 8.98. The quantitative estimate of drug-likeness (QED) is 0.734. The fourth-order valence-electron chi connectivity index (χ4n) is 3.06. The lowest BCUT2D eigenvalue weighted by molar-refractivity contribution is -0.147. The molecule has 6 nitrogen and oxygen atoms in total. The first-order chi connectivity index (χ1) is 13.1. The molecule has 0 saturated carbocycles. The third-order valence-electron chi connectivity index (χ3n) is 4.38. The summed E-state index contributed by atoms with van der Waals surface area (Å²) in [4.78, 5) is 35.4. The fraction of sp³-hybridized carbons (Fsp3) is 0.286. The first-order valence-electron chi connectivity index (χ1n) is 8.98. The zero-order chi connectivity index (χ0) is 19.1. The third-order valence-corrected chi connectivity index (χ3v) is 4.38. The number of benzene rings is 2. The van der Waals surface area contributed by atoms with E-state index in [2.05, 4.69) is 10.6 Å². The maximum atomic E-state index is 11.9. The second-order valence-electron chi connectivity index (χ2n) is 6.49. The Balaban J connectivity index is 1.36. The van der Waals surface area contributed by atoms with Crippen LogP contribution in [0.1, 0.15) is 23.1 Å². The van der Waals surface area contributed by atoms with Crippen LogP contribution in [-0.2, 0) is 38.4 Å². The predicted octanol–water partition coefficient (Wildman–Crippen LogP) is 2.02. The van der Waals surface area contributed by atoms with Crippen molar-refractivity contribution in [2.24, 2.45) is 0 Å². The molecular formula is C21H22N2O4. The van der Waals surface area contributed by atoms with Crippen LogP contribution in [0.15, 0.2) is 48.5 Å². The molecule has 1 aliphatic carbocycles. The molecule has 0 radical (unpaired) electrons. The molecule has 0 fully saturated rings. The number of ether oxygens (including phenoxy) is 1. The van der Waals surface area contributed by atoms with E-state index in [0.717, 1.165) is 24.8 Å². The second-order valence-corrected chi connectivity index (χ2v) is 6.49. The molecule has 140 valence electrons. The Morgan fingerprint density at radius 2 is 1.70 bits per heavy atom. The molecule has 3 rings (SSSR count). The minimum Gasteiger partial charge on any atom is -0.454 e. The van der Waals surface area contributed by atoms with Crippen LogP contribution in [-0.4, -0.2) is 30.9 Å². The standard InChI is InChI=1S/C21H22N2O4/c24-19(11-15-5-2-1-3-6-15)22-13-21(26)27-14-20(25)23-18-10-9-16-7-4-8-17(16)12-18/h1-3,5-6,9-10,12H,4,7-8,11,13-14H2,(H,22,24)(H,23,25). The Bertz CT molecular complexity index is 833. The van der Waals surface area contributed by atoms with E-state index >= 15 is 0 Å². The molecule has 2 aromatic carbocycles. The van der Waals surface area contributed by atoms with Gasteiger partial charge in [-0.3, -0.25) is 14.4 Å². The Kier molecular flexibility index (Phi) is 6.20. The number of carbonyl (C=O) groups excluding carboxylic acids is 3. The van der Waals surface area contributed by atoms with Crippen molar-refractivity contribution in [1.82, 2.24) is 5.32 Å². The topological polar surface area (TPSA) is 84.5 Å². The number of carbonyl (C=O) groups is 3. The van der Waals surface area contributed by atoms with Gasteiger partial charge in [0.15, 0.2) is 6.61 Å². The first-order valence-corrected chi connectivity index (χ1v) is 8.98. The molecule has 1 aliphatic rings. The van der Waals surface area contributed by atoms with Gasteiger partial charge in [-0.25, -0.2) is 0 Å². The number of esters is 1. The lowest BCUT2D eigenvalue weighted by Gasteiger charge is -2.09. The van der Waals surface area contributed by atoms with Gasteiger partial charge in [0.25, 0.3) is 5.91 Å². The molecular weight excluding hydrogens is 344 g/mol. The van der Waals surface area contributed by atoms with Gasteiger partial charge in [0, 0.05) is 5.69 Å². The van der Waals surface area contributed by atoms with Crippen molar-refractivity contribution in [2.75, 3.05) is 18.5 Å². The Morgan fingerprint density at radius 3 is 2.52 bits per heavy atom. The van der Waals surface area contributed by atoms with Gasteiger partial charge < -0.3 is 15.4 Å². The highest BCUT2D eigenvalue weighted by Crippen LogP contribution is 2.24. The van der Waals surface area contributed by atoms with Crippen LogP contribution < -0.4 is 10.6 Å². The summed E-state index contributed by atoms with van der Waals surface area (Å²) in [5, 5.41) is 5.21. The average Bonchev–Trinajstić information content (AvgIpc) is 3.13. The monoisotopic (exact) mass is 366 g/mol. The maximum absolute atomic E-state index is 11.9. The van der Waals surface area contributed by atoms with Crippen molar-refractivity contribution in [3.63, 3.8) is 0 Å². The normalized spacial score (nSPS) is 12.1. The average molecular weight is 366 g/mol. The molecule has 0 aromatic heterocycles. The number of rotatable bonds is 7. The van der Waals surface area contributed by atoms with Crippen molar-refractivity contribution < 1.29 is 19.1 Å². The van der Waals surface area contributed by atoms with E-state index in [1.54, 1.807) is 0 Å². The van der Waals surface area contributed by atoms with Crippen LogP contribution in [0, 0.1) is 0 Å². The molecule has 0 heterocycles. The van der Waals surface area contributed by atoms with Crippen LogP contribution >= 0.6 is 0 Å². The highest BCUT2D eigenvalue weighted by atomic mass is 16.5. The van der Waals surface area contributed by atoms with E-state index in [9.17, 15) is 14.4 Å². The van der Waals surface area contributed by atoms with Crippen molar-refractivity contribution in [3.05, 3.63) is 65.2 Å². The van der Waals surface area contributed by atoms with Gasteiger partial charge in [-0.1, -0.05) is 36.4 Å². The summed E-state index contributed by atoms with van der Waals surface area (Å²) in [6.45, 7) is -0.651. The summed E-state index contributed by atoms with van der Waals surface area (Å²) in [5.41, 5.74) is 4.14. The van der Waals surface area contributed by atoms with Gasteiger partial charge >= 0.3 is 5.97 Å². The SMILES string of the molecule is O=C(Cc1ccccc1)NCC(=O)OCC(=O)Nc1ccc2c(c1)CCC2. The largest absolute Gasteiger partial charge is 0.454 e. The van der Waals surface area contributed by atoms with E-state index in [0.29, 0.717) is 5.69 Å². The lowest BCUT2D eigenvalue weighted by atomic mass is 10.1. The number of amides is 2. The molecule has 0 unspecified atom stereocenters. The van der Waals surface area contributed by atoms with Crippen molar-refractivity contribution >= 4 is 23.5 Å². The number of aryl methyl sites for hydroxylation is 2. The number of hydrogen-bond acceptors (Lipinski definition) is 4. The summed E-state index contributed by atoms with van der Waals surface area (Å²) in [6.07, 6.45) is 3.43. The fourth-order valence-corrected chi connectivity index (χ4v) is 3.06. The molecule has 27 heavy (non-hydrogen) atoms. The molecule has 0 bridgehead atoms. The highest BCUT2D eigenvalue weighted by molar-refractivity contribution is 5.93. The van der Waals surface area contributed by atoms with Crippen molar-refractivity contribution in [3.8, 4) is 0 Å². The van der Waals surface area contributed by atoms with E-state index < -0.39 is 11.9 Å². The number of anilines is 1. The number of fused-ring (bicyclic) bond motifs is 1. The molecule has 6 heteroatoms. The van der Waals surface area contributed by atoms with Crippen LogP contribution in [0.25, 0.3) is 0 Å². The first kappa shape index (κ1) is 18.6. The van der Waals surface area contributed by atoms with Crippen molar-refractivity contribution in [1.29, 1.82) is 0 Å². The molecule has 2 amide bonds. The third kappa shape index (κ3) is 5.67. The van der Waals surface area contributed by atoms with E-state index in [1.165, 1.54) is 11.1 Å². The minimum absolute atomic E-state index is 0.187. The van der Waals surface area contributed by atoms with Gasteiger partial charge in [-0.05, 0) is 48.1 Å². The molecule has 0 atom stereocenters. The Hall–Kier alpha value is -3.15. The smallest absolute Gasteiger partial charge is 0.325 e. The summed E-state index contributed by atoms with van der Waals surface area (Å²) in [7, 11) is 0. The molecule has 2 aromatic rings. The molecule has 0 spiro atoms. The maximum Gasteiger partial charge on any atom is 0.325 e. The minimum atomic E-state index is -0.652. The summed E-state index contributed by atoms with van der Waals surface area (Å²) < 4.78 is 4.90. The van der Waals surface area contributed by atoms with Crippen LogP contribution in [0.2, 0.25) is 0 Å². The van der Waals surface area contributed by atoms with E-state index in [-0.39, 0.29) is 25.5 Å². The zero-order valence-electron chi connectivity index (χ0n) is 15.0. The van der Waals surface area contributed by atoms with Gasteiger partial charge in [-0.15, -0.1) is 0 Å². The predicted molar refractivity (Wildman–Crippen MR) is 101 cm³/mol. The van der Waals surface area contributed by atoms with Gasteiger partial charge in [-0.2, -0.15) is 0 Å². The van der Waals surface area contributed by atoms with Crippen LogP contribution in [0.4, 0.5) is 5.69 Å².